The summed E-state index contributed by atoms with van der Waals surface area (Å²) in [4.78, 5) is 26.5. The molecule has 0 amide bonds. The lowest BCUT2D eigenvalue weighted by molar-refractivity contribution is -0.306. The number of Topliss-reactive ketones (excluding diaryl/α,β-unsaturated/α-hetero) is 1. The van der Waals surface area contributed by atoms with Crippen LogP contribution in [0, 0.1) is 11.8 Å². The van der Waals surface area contributed by atoms with Crippen LogP contribution < -0.4 is 5.31 Å². The number of esters is 1. The van der Waals surface area contributed by atoms with Crippen LogP contribution in [0.5, 0.6) is 0 Å². The van der Waals surface area contributed by atoms with Crippen LogP contribution in [0.2, 0.25) is 1.41 Å². The maximum Gasteiger partial charge on any atom is 0.338 e. The number of thioether (sulfide) groups is 1. The van der Waals surface area contributed by atoms with Gasteiger partial charge in [-0.25, -0.2) is 4.79 Å². The van der Waals surface area contributed by atoms with Gasteiger partial charge in [0.05, 0.1) is 17.7 Å². The molecule has 2 aromatic rings. The Morgan fingerprint density at radius 3 is 2.28 bits per heavy atom. The number of ether oxygens (including phenoxy) is 4. The normalized spacial score (nSPS) is 35.3. The molecular weight excluding hydrogens is 537 g/mol. The minimum Gasteiger partial charge on any atom is -0.453 e. The van der Waals surface area contributed by atoms with E-state index in [1.807, 2.05) is 50.2 Å². The van der Waals surface area contributed by atoms with E-state index < -0.39 is 54.3 Å². The van der Waals surface area contributed by atoms with Crippen molar-refractivity contribution in [1.82, 2.24) is 5.31 Å². The van der Waals surface area contributed by atoms with Crippen LogP contribution in [0.25, 0.3) is 0 Å². The smallest absolute Gasteiger partial charge is 0.338 e. The number of carbonyl (C=O) groups is 2. The van der Waals surface area contributed by atoms with Gasteiger partial charge in [0, 0.05) is 17.1 Å². The molecule has 2 N–H and O–H groups in total. The van der Waals surface area contributed by atoms with E-state index in [0.717, 1.165) is 4.90 Å². The Morgan fingerprint density at radius 2 is 1.67 bits per heavy atom. The van der Waals surface area contributed by atoms with Gasteiger partial charge in [-0.3, -0.25) is 4.79 Å². The predicted octanol–water partition coefficient (Wildman–Crippen LogP) is 3.87. The lowest BCUT2D eigenvalue weighted by atomic mass is 9.82. The summed E-state index contributed by atoms with van der Waals surface area (Å²) in [6, 6.07) is 17.6. The van der Waals surface area contributed by atoms with Gasteiger partial charge in [0.1, 0.15) is 25.2 Å². The van der Waals surface area contributed by atoms with E-state index >= 15 is 0 Å². The van der Waals surface area contributed by atoms with E-state index in [0.29, 0.717) is 5.56 Å². The van der Waals surface area contributed by atoms with E-state index in [-0.39, 0.29) is 23.9 Å². The third kappa shape index (κ3) is 7.09. The van der Waals surface area contributed by atoms with Crippen LogP contribution >= 0.6 is 21.0 Å². The maximum atomic E-state index is 13.0. The first-order chi connectivity index (χ1) is 19.1. The average Bonchev–Trinajstić information content (AvgIpc) is 2.95. The zero-order valence-corrected chi connectivity index (χ0v) is 24.6. The zero-order chi connectivity index (χ0) is 29.0. The number of hydrogen-bond acceptors (Lipinski definition) is 9. The van der Waals surface area contributed by atoms with Crippen LogP contribution in [-0.4, -0.2) is 71.4 Å². The van der Waals surface area contributed by atoms with Crippen LogP contribution in [-0.2, 0) is 23.7 Å². The van der Waals surface area contributed by atoms with Crippen molar-refractivity contribution < 1.29 is 35.1 Å². The number of aliphatic hydroxyl groups is 1. The molecule has 2 aliphatic rings. The van der Waals surface area contributed by atoms with Crippen molar-refractivity contribution >= 4 is 32.8 Å². The van der Waals surface area contributed by atoms with Gasteiger partial charge in [0.15, 0.2) is 18.2 Å². The quantitative estimate of drug-likeness (QED) is 0.340. The summed E-state index contributed by atoms with van der Waals surface area (Å²) in [6.45, 7) is 7.03. The van der Waals surface area contributed by atoms with Crippen molar-refractivity contribution in [3.05, 3.63) is 66.2 Å². The second-order valence-electron chi connectivity index (χ2n) is 10.1. The van der Waals surface area contributed by atoms with Crippen molar-refractivity contribution in [2.45, 2.75) is 80.9 Å². The Labute approximate surface area is 238 Å². The SMILES string of the molecule is [3H]N(CP)C1[C@@H](O)[C@@H](O[C@@H]2OC(C(C)=O)[C@H](C)[C@H](C)C2OC(=O)c2ccccc2)C(C)O[C@H]1Sc1ccccc1. The molecule has 0 aliphatic carbocycles. The molecule has 2 heterocycles. The molecule has 5 unspecified atom stereocenters. The standard InChI is InChI=1S/C29H38NO7PS/c1-16-17(2)25(35-27(33)20-11-7-5-8-12-20)28(36-24(16)18(3)31)37-26-19(4)34-29(22(23(26)32)30-15-38)39-21-13-9-6-10-14-21/h5-14,16-17,19,22-26,28-30,32H,15,38H2,1-4H3/t16-,17+,19?,22?,23-,24?,25?,26+,28+,29+/m1/s1/i/hT. The van der Waals surface area contributed by atoms with E-state index in [9.17, 15) is 14.7 Å². The molecule has 2 aromatic carbocycles. The van der Waals surface area contributed by atoms with Crippen molar-refractivity contribution in [1.29, 1.82) is 0 Å². The largest absolute Gasteiger partial charge is 0.453 e. The van der Waals surface area contributed by atoms with Gasteiger partial charge in [-0.2, -0.15) is 0 Å². The number of aliphatic hydroxyl groups excluding tert-OH is 1. The van der Waals surface area contributed by atoms with Crippen molar-refractivity contribution in [3.63, 3.8) is 0 Å². The van der Waals surface area contributed by atoms with Crippen LogP contribution in [0.1, 0.15) is 38.1 Å². The van der Waals surface area contributed by atoms with Gasteiger partial charge < -0.3 is 29.4 Å². The van der Waals surface area contributed by atoms with Crippen LogP contribution in [0.15, 0.2) is 65.6 Å². The molecule has 212 valence electrons. The molecule has 11 atom stereocenters. The molecule has 2 fully saturated rings. The number of ketones is 1. The van der Waals surface area contributed by atoms with E-state index in [1.165, 1.54) is 24.0 Å². The highest BCUT2D eigenvalue weighted by atomic mass is 32.2. The number of rotatable bonds is 9. The first-order valence-corrected chi connectivity index (χ1v) is 14.9. The molecule has 0 saturated carbocycles. The topological polar surface area (TPSA) is 103 Å². The van der Waals surface area contributed by atoms with Crippen molar-refractivity contribution in [2.75, 3.05) is 6.29 Å². The van der Waals surface area contributed by atoms with E-state index in [2.05, 4.69) is 9.24 Å². The average molecular weight is 578 g/mol. The predicted molar refractivity (Wildman–Crippen MR) is 152 cm³/mol. The zero-order valence-electron chi connectivity index (χ0n) is 23.6. The van der Waals surface area contributed by atoms with Crippen molar-refractivity contribution in [2.24, 2.45) is 11.8 Å². The van der Waals surface area contributed by atoms with Gasteiger partial charge in [0.25, 0.3) is 0 Å². The van der Waals surface area contributed by atoms with Gasteiger partial charge in [-0.05, 0) is 44.0 Å². The van der Waals surface area contributed by atoms with E-state index in [1.54, 1.807) is 31.2 Å². The minimum absolute atomic E-state index is 0.160. The Bertz CT molecular complexity index is 1130. The monoisotopic (exact) mass is 577 g/mol. The minimum atomic E-state index is -1.14. The summed E-state index contributed by atoms with van der Waals surface area (Å²) < 4.78 is 33.3. The molecule has 0 radical (unpaired) electrons. The Kier molecular flexibility index (Phi) is 10.1. The second-order valence-corrected chi connectivity index (χ2v) is 11.6. The highest BCUT2D eigenvalue weighted by molar-refractivity contribution is 7.99. The third-order valence-electron chi connectivity index (χ3n) is 7.41. The van der Waals surface area contributed by atoms with Crippen LogP contribution in [0.4, 0.5) is 0 Å². The lowest BCUT2D eigenvalue weighted by Crippen LogP contribution is -2.64. The molecule has 2 saturated heterocycles. The molecule has 10 heteroatoms. The van der Waals surface area contributed by atoms with E-state index in [4.69, 9.17) is 20.4 Å². The highest BCUT2D eigenvalue weighted by Crippen LogP contribution is 2.38. The van der Waals surface area contributed by atoms with Gasteiger partial charge in [0.2, 0.25) is 0 Å². The van der Waals surface area contributed by atoms with Gasteiger partial charge >= 0.3 is 5.97 Å². The summed E-state index contributed by atoms with van der Waals surface area (Å²) in [5, 5.41) is 12.9. The Morgan fingerprint density at radius 1 is 1.03 bits per heavy atom. The first-order valence-electron chi connectivity index (χ1n) is 13.6. The van der Waals surface area contributed by atoms with Crippen LogP contribution in [0.3, 0.4) is 0 Å². The Hall–Kier alpha value is -1.84. The lowest BCUT2D eigenvalue weighted by Gasteiger charge is -2.48. The van der Waals surface area contributed by atoms with Crippen molar-refractivity contribution in [3.8, 4) is 0 Å². The summed E-state index contributed by atoms with van der Waals surface area (Å²) in [5.41, 5.74) is -0.163. The maximum absolute atomic E-state index is 13.0. The molecule has 39 heavy (non-hydrogen) atoms. The number of hydrogen-bond donors (Lipinski definition) is 2. The molecule has 0 aromatic heterocycles. The highest BCUT2D eigenvalue weighted by Gasteiger charge is 2.51. The fourth-order valence-electron chi connectivity index (χ4n) is 5.07. The molecule has 8 nitrogen and oxygen atoms in total. The van der Waals surface area contributed by atoms with Gasteiger partial charge in [-0.15, -0.1) is 9.24 Å². The fourth-order valence-corrected chi connectivity index (χ4v) is 6.51. The third-order valence-corrected chi connectivity index (χ3v) is 8.78. The summed E-state index contributed by atoms with van der Waals surface area (Å²) in [7, 11) is 2.50. The number of benzene rings is 2. The molecule has 4 rings (SSSR count). The molecule has 0 bridgehead atoms. The summed E-state index contributed by atoms with van der Waals surface area (Å²) >= 11 is 1.43. The second kappa shape index (κ2) is 13.7. The van der Waals surface area contributed by atoms with Gasteiger partial charge in [-0.1, -0.05) is 62.0 Å². The summed E-state index contributed by atoms with van der Waals surface area (Å²) in [6.07, 6.45) is -5.11. The first kappa shape index (κ1) is 28.7. The molecular formula is C29H38NO7PS. The fraction of sp³-hybridized carbons (Fsp3) is 0.517. The summed E-state index contributed by atoms with van der Waals surface area (Å²) in [5.74, 6) is -1.22. The molecule has 0 spiro atoms. The Balaban J connectivity index is 1.59. The number of nitrogens with one attached hydrogen (secondary N) is 1. The molecule has 2 aliphatic heterocycles. The number of carbonyl (C=O) groups excluding carboxylic acids is 2.